The van der Waals surface area contributed by atoms with Crippen molar-refractivity contribution in [2.45, 2.75) is 66.0 Å². The van der Waals surface area contributed by atoms with Crippen LogP contribution in [0, 0.1) is 17.8 Å². The van der Waals surface area contributed by atoms with E-state index >= 15 is 0 Å². The molecule has 0 unspecified atom stereocenters. The van der Waals surface area contributed by atoms with Crippen molar-refractivity contribution < 1.29 is 9.47 Å². The quantitative estimate of drug-likeness (QED) is 0.647. The van der Waals surface area contributed by atoms with Crippen molar-refractivity contribution >= 4 is 0 Å². The van der Waals surface area contributed by atoms with Gasteiger partial charge in [-0.3, -0.25) is 0 Å². The van der Waals surface area contributed by atoms with Crippen LogP contribution in [-0.4, -0.2) is 18.0 Å². The maximum Gasteiger partial charge on any atom is 0.162 e. The van der Waals surface area contributed by atoms with Gasteiger partial charge in [-0.1, -0.05) is 25.5 Å². The minimum Gasteiger partial charge on any atom is -0.346 e. The Hall–Kier alpha value is -0.340. The molecule has 2 rings (SSSR count). The molecule has 98 valence electrons. The Bertz CT molecular complexity index is 319. The molecule has 17 heavy (non-hydrogen) atoms. The van der Waals surface area contributed by atoms with Crippen molar-refractivity contribution in [1.29, 1.82) is 0 Å². The van der Waals surface area contributed by atoms with Gasteiger partial charge in [0.25, 0.3) is 0 Å². The minimum absolute atomic E-state index is 0.0330. The fourth-order valence-corrected chi connectivity index (χ4v) is 3.26. The highest BCUT2D eigenvalue weighted by Gasteiger charge is 2.46. The van der Waals surface area contributed by atoms with Crippen molar-refractivity contribution in [2.24, 2.45) is 17.8 Å². The second kappa shape index (κ2) is 4.40. The van der Waals surface area contributed by atoms with Crippen LogP contribution in [0.1, 0.15) is 48.0 Å². The third-order valence-corrected chi connectivity index (χ3v) is 4.51. The Morgan fingerprint density at radius 2 is 1.88 bits per heavy atom. The predicted molar refractivity (Wildman–Crippen MR) is 69.7 cm³/mol. The first-order valence-corrected chi connectivity index (χ1v) is 6.82. The van der Waals surface area contributed by atoms with Crippen molar-refractivity contribution in [1.82, 2.24) is 0 Å². The molecule has 5 atom stereocenters. The van der Waals surface area contributed by atoms with Gasteiger partial charge in [-0.2, -0.15) is 0 Å². The summed E-state index contributed by atoms with van der Waals surface area (Å²) in [7, 11) is 0. The fourth-order valence-electron chi connectivity index (χ4n) is 3.26. The maximum atomic E-state index is 6.13. The third-order valence-electron chi connectivity index (χ3n) is 4.51. The topological polar surface area (TPSA) is 18.5 Å². The number of ether oxygens (including phenoxy) is 2. The summed E-state index contributed by atoms with van der Waals surface area (Å²) < 4.78 is 12.2. The van der Waals surface area contributed by atoms with Crippen LogP contribution < -0.4 is 0 Å². The summed E-state index contributed by atoms with van der Waals surface area (Å²) in [6.07, 6.45) is 3.70. The van der Waals surface area contributed by atoms with E-state index < -0.39 is 0 Å². The summed E-state index contributed by atoms with van der Waals surface area (Å²) in [4.78, 5) is 0. The van der Waals surface area contributed by atoms with Gasteiger partial charge in [0.2, 0.25) is 0 Å². The summed E-state index contributed by atoms with van der Waals surface area (Å²) in [6.45, 7) is 13.2. The molecule has 0 spiro atoms. The average molecular weight is 238 g/mol. The monoisotopic (exact) mass is 238 g/mol. The summed E-state index contributed by atoms with van der Waals surface area (Å²) >= 11 is 0. The van der Waals surface area contributed by atoms with Crippen LogP contribution in [0.15, 0.2) is 11.6 Å². The molecule has 1 aliphatic carbocycles. The van der Waals surface area contributed by atoms with Gasteiger partial charge in [0.1, 0.15) is 0 Å². The lowest BCUT2D eigenvalue weighted by molar-refractivity contribution is -0.138. The van der Waals surface area contributed by atoms with Gasteiger partial charge in [-0.25, -0.2) is 0 Å². The summed E-state index contributed by atoms with van der Waals surface area (Å²) in [5, 5.41) is 0. The highest BCUT2D eigenvalue weighted by molar-refractivity contribution is 5.09. The molecular weight excluding hydrogens is 212 g/mol. The van der Waals surface area contributed by atoms with Crippen LogP contribution in [0.5, 0.6) is 0 Å². The molecule has 1 saturated heterocycles. The molecule has 2 nitrogen and oxygen atoms in total. The van der Waals surface area contributed by atoms with Gasteiger partial charge in [0, 0.05) is 5.92 Å². The summed E-state index contributed by atoms with van der Waals surface area (Å²) in [5.41, 5.74) is 1.35. The standard InChI is InChI=1S/C15H26O2/c1-9-7-10(2)13(11(3)8-9)14-16-12(4)15(5,6)17-14/h7,10-14H,8H2,1-6H3/t10-,11+,12-,13-,14+/m0/s1. The first-order chi connectivity index (χ1) is 7.81. The van der Waals surface area contributed by atoms with Gasteiger partial charge in [-0.05, 0) is 46.0 Å². The van der Waals surface area contributed by atoms with Crippen LogP contribution in [0.25, 0.3) is 0 Å². The van der Waals surface area contributed by atoms with Gasteiger partial charge < -0.3 is 9.47 Å². The predicted octanol–water partition coefficient (Wildman–Crippen LogP) is 3.76. The molecule has 2 heteroatoms. The van der Waals surface area contributed by atoms with Crippen LogP contribution >= 0.6 is 0 Å². The Kier molecular flexibility index (Phi) is 3.39. The fraction of sp³-hybridized carbons (Fsp3) is 0.867. The van der Waals surface area contributed by atoms with Gasteiger partial charge in [-0.15, -0.1) is 0 Å². The molecule has 0 radical (unpaired) electrons. The van der Waals surface area contributed by atoms with E-state index in [1.165, 1.54) is 12.0 Å². The molecule has 0 aromatic heterocycles. The van der Waals surface area contributed by atoms with Gasteiger partial charge in [0.15, 0.2) is 6.29 Å². The number of allylic oxidation sites excluding steroid dienone is 2. The first kappa shape index (κ1) is 13.1. The molecule has 1 heterocycles. The van der Waals surface area contributed by atoms with Crippen molar-refractivity contribution in [3.63, 3.8) is 0 Å². The van der Waals surface area contributed by atoms with Gasteiger partial charge in [0.05, 0.1) is 11.7 Å². The molecule has 1 aliphatic heterocycles. The van der Waals surface area contributed by atoms with Crippen LogP contribution in [0.4, 0.5) is 0 Å². The Morgan fingerprint density at radius 1 is 1.24 bits per heavy atom. The zero-order valence-electron chi connectivity index (χ0n) is 12.0. The second-order valence-corrected chi connectivity index (χ2v) is 6.50. The molecule has 0 amide bonds. The second-order valence-electron chi connectivity index (χ2n) is 6.50. The number of hydrogen-bond donors (Lipinski definition) is 0. The van der Waals surface area contributed by atoms with Crippen LogP contribution in [-0.2, 0) is 9.47 Å². The van der Waals surface area contributed by atoms with E-state index in [0.29, 0.717) is 17.8 Å². The van der Waals surface area contributed by atoms with E-state index in [1.807, 2.05) is 0 Å². The highest BCUT2D eigenvalue weighted by Crippen LogP contribution is 2.42. The van der Waals surface area contributed by atoms with Gasteiger partial charge >= 0.3 is 0 Å². The average Bonchev–Trinajstić information content (AvgIpc) is 2.38. The maximum absolute atomic E-state index is 6.13. The summed E-state index contributed by atoms with van der Waals surface area (Å²) in [6, 6.07) is 0. The zero-order valence-corrected chi connectivity index (χ0v) is 12.0. The van der Waals surface area contributed by atoms with Crippen molar-refractivity contribution in [2.75, 3.05) is 0 Å². The molecule has 0 aromatic rings. The molecule has 0 N–H and O–H groups in total. The van der Waals surface area contributed by atoms with E-state index in [4.69, 9.17) is 9.47 Å². The van der Waals surface area contributed by atoms with Crippen molar-refractivity contribution in [3.8, 4) is 0 Å². The van der Waals surface area contributed by atoms with E-state index in [9.17, 15) is 0 Å². The normalized spacial score (nSPS) is 45.8. The number of hydrogen-bond acceptors (Lipinski definition) is 2. The Labute approximate surface area is 105 Å². The summed E-state index contributed by atoms with van der Waals surface area (Å²) in [5.74, 6) is 1.67. The van der Waals surface area contributed by atoms with Crippen LogP contribution in [0.3, 0.4) is 0 Å². The smallest absolute Gasteiger partial charge is 0.162 e. The highest BCUT2D eigenvalue weighted by atomic mass is 16.7. The van der Waals surface area contributed by atoms with Crippen molar-refractivity contribution in [3.05, 3.63) is 11.6 Å². The zero-order chi connectivity index (χ0) is 12.8. The molecule has 2 aliphatic rings. The Balaban J connectivity index is 2.14. The lowest BCUT2D eigenvalue weighted by Gasteiger charge is -2.36. The lowest BCUT2D eigenvalue weighted by atomic mass is 9.74. The molecule has 1 fully saturated rings. The minimum atomic E-state index is -0.152. The van der Waals surface area contributed by atoms with E-state index in [-0.39, 0.29) is 18.0 Å². The van der Waals surface area contributed by atoms with E-state index in [1.54, 1.807) is 0 Å². The Morgan fingerprint density at radius 3 is 2.35 bits per heavy atom. The molecular formula is C15H26O2. The first-order valence-electron chi connectivity index (χ1n) is 6.82. The third kappa shape index (κ3) is 2.43. The lowest BCUT2D eigenvalue weighted by Crippen LogP contribution is -2.36. The molecule has 0 saturated carbocycles. The molecule has 0 aromatic carbocycles. The molecule has 0 bridgehead atoms. The SMILES string of the molecule is CC1=C[C@H](C)[C@H]([C@@H]2O[C@@H](C)C(C)(C)O2)[C@H](C)C1. The van der Waals surface area contributed by atoms with Crippen LogP contribution in [0.2, 0.25) is 0 Å². The largest absolute Gasteiger partial charge is 0.346 e. The van der Waals surface area contributed by atoms with E-state index in [2.05, 4.69) is 47.6 Å². The van der Waals surface area contributed by atoms with E-state index in [0.717, 1.165) is 0 Å². The number of rotatable bonds is 1.